The van der Waals surface area contributed by atoms with E-state index in [1.165, 1.54) is 12.4 Å². The Morgan fingerprint density at radius 3 is 2.75 bits per heavy atom. The standard InChI is InChI=1S/C15H14F3N5O/c1-9-6-19-12(24-9)7-20-13(14-21-8-22-23-14)10-3-2-4-11(5-10)15(16,17)18/h2-6,8,13,20H,7H2,1H3,(H,21,22,23)/t13-/m1/s1. The summed E-state index contributed by atoms with van der Waals surface area (Å²) in [5.74, 6) is 1.49. The van der Waals surface area contributed by atoms with Crippen molar-refractivity contribution >= 4 is 0 Å². The van der Waals surface area contributed by atoms with Crippen molar-refractivity contribution in [3.8, 4) is 0 Å². The summed E-state index contributed by atoms with van der Waals surface area (Å²) in [6.07, 6.45) is -1.54. The summed E-state index contributed by atoms with van der Waals surface area (Å²) in [5, 5.41) is 9.53. The second kappa shape index (κ2) is 6.44. The van der Waals surface area contributed by atoms with E-state index in [1.54, 1.807) is 19.2 Å². The van der Waals surface area contributed by atoms with Crippen molar-refractivity contribution in [1.82, 2.24) is 25.5 Å². The SMILES string of the molecule is Cc1cnc(CN[C@H](c2cccc(C(F)(F)F)c2)c2ncn[nH]2)o1. The Hall–Kier alpha value is -2.68. The fourth-order valence-electron chi connectivity index (χ4n) is 2.29. The Bertz CT molecular complexity index is 798. The molecule has 6 nitrogen and oxygen atoms in total. The second-order valence-corrected chi connectivity index (χ2v) is 5.17. The Morgan fingerprint density at radius 1 is 1.29 bits per heavy atom. The van der Waals surface area contributed by atoms with E-state index in [-0.39, 0.29) is 6.54 Å². The topological polar surface area (TPSA) is 79.6 Å². The van der Waals surface area contributed by atoms with Crippen molar-refractivity contribution in [3.63, 3.8) is 0 Å². The fraction of sp³-hybridized carbons (Fsp3) is 0.267. The molecule has 2 aromatic heterocycles. The molecule has 126 valence electrons. The molecule has 3 aromatic rings. The van der Waals surface area contributed by atoms with Gasteiger partial charge < -0.3 is 4.42 Å². The first-order chi connectivity index (χ1) is 11.4. The molecule has 1 atom stereocenters. The maximum absolute atomic E-state index is 12.9. The maximum atomic E-state index is 12.9. The lowest BCUT2D eigenvalue weighted by molar-refractivity contribution is -0.137. The van der Waals surface area contributed by atoms with E-state index >= 15 is 0 Å². The van der Waals surface area contributed by atoms with Gasteiger partial charge >= 0.3 is 6.18 Å². The van der Waals surface area contributed by atoms with E-state index < -0.39 is 17.8 Å². The molecule has 1 aromatic carbocycles. The van der Waals surface area contributed by atoms with Crippen LogP contribution in [0.4, 0.5) is 13.2 Å². The van der Waals surface area contributed by atoms with Gasteiger partial charge in [0, 0.05) is 0 Å². The third kappa shape index (κ3) is 3.62. The summed E-state index contributed by atoms with van der Waals surface area (Å²) in [4.78, 5) is 8.10. The molecular weight excluding hydrogens is 323 g/mol. The number of aromatic nitrogens is 4. The van der Waals surface area contributed by atoms with Crippen LogP contribution in [0.25, 0.3) is 0 Å². The Balaban J connectivity index is 1.88. The molecule has 0 saturated carbocycles. The molecule has 0 aliphatic rings. The maximum Gasteiger partial charge on any atom is 0.416 e. The number of nitrogens with zero attached hydrogens (tertiary/aromatic N) is 3. The normalized spacial score (nSPS) is 13.2. The summed E-state index contributed by atoms with van der Waals surface area (Å²) >= 11 is 0. The van der Waals surface area contributed by atoms with Gasteiger partial charge in [0.05, 0.1) is 24.3 Å². The van der Waals surface area contributed by atoms with E-state index in [4.69, 9.17) is 4.42 Å². The number of rotatable bonds is 5. The molecule has 0 bridgehead atoms. The molecule has 2 N–H and O–H groups in total. The minimum Gasteiger partial charge on any atom is -0.445 e. The highest BCUT2D eigenvalue weighted by molar-refractivity contribution is 5.31. The molecule has 0 radical (unpaired) electrons. The van der Waals surface area contributed by atoms with Crippen LogP contribution in [0.15, 0.2) is 41.2 Å². The average molecular weight is 337 g/mol. The minimum atomic E-state index is -4.42. The molecule has 0 aliphatic carbocycles. The van der Waals surface area contributed by atoms with Gasteiger partial charge in [-0.15, -0.1) is 0 Å². The number of hydrogen-bond acceptors (Lipinski definition) is 5. The highest BCUT2D eigenvalue weighted by Gasteiger charge is 2.31. The van der Waals surface area contributed by atoms with Crippen LogP contribution < -0.4 is 5.32 Å². The van der Waals surface area contributed by atoms with Crippen LogP contribution in [0.2, 0.25) is 0 Å². The Labute approximate surface area is 135 Å². The zero-order valence-corrected chi connectivity index (χ0v) is 12.6. The number of benzene rings is 1. The zero-order chi connectivity index (χ0) is 17.2. The monoisotopic (exact) mass is 337 g/mol. The van der Waals surface area contributed by atoms with Gasteiger partial charge in [0.15, 0.2) is 0 Å². The van der Waals surface area contributed by atoms with Gasteiger partial charge in [-0.3, -0.25) is 10.4 Å². The molecule has 3 rings (SSSR count). The van der Waals surface area contributed by atoms with Crippen LogP contribution in [0.3, 0.4) is 0 Å². The molecule has 0 fully saturated rings. The summed E-state index contributed by atoms with van der Waals surface area (Å²) in [5.41, 5.74) is -0.317. The van der Waals surface area contributed by atoms with Crippen molar-refractivity contribution in [3.05, 3.63) is 65.4 Å². The van der Waals surface area contributed by atoms with Crippen molar-refractivity contribution in [2.24, 2.45) is 0 Å². The largest absolute Gasteiger partial charge is 0.445 e. The molecule has 0 amide bonds. The third-order valence-corrected chi connectivity index (χ3v) is 3.38. The van der Waals surface area contributed by atoms with Gasteiger partial charge in [-0.1, -0.05) is 12.1 Å². The fourth-order valence-corrected chi connectivity index (χ4v) is 2.29. The molecule has 2 heterocycles. The van der Waals surface area contributed by atoms with Crippen LogP contribution in [0.5, 0.6) is 0 Å². The summed E-state index contributed by atoms with van der Waals surface area (Å²) in [7, 11) is 0. The van der Waals surface area contributed by atoms with Crippen molar-refractivity contribution in [2.45, 2.75) is 25.7 Å². The minimum absolute atomic E-state index is 0.232. The number of aryl methyl sites for hydroxylation is 1. The van der Waals surface area contributed by atoms with Gasteiger partial charge in [0.1, 0.15) is 17.9 Å². The van der Waals surface area contributed by atoms with Gasteiger partial charge in [0.25, 0.3) is 0 Å². The lowest BCUT2D eigenvalue weighted by atomic mass is 10.0. The van der Waals surface area contributed by atoms with Gasteiger partial charge in [0.2, 0.25) is 5.89 Å². The highest BCUT2D eigenvalue weighted by atomic mass is 19.4. The lowest BCUT2D eigenvalue weighted by Crippen LogP contribution is -2.24. The van der Waals surface area contributed by atoms with Crippen LogP contribution in [-0.4, -0.2) is 20.2 Å². The average Bonchev–Trinajstić information content (AvgIpc) is 3.19. The van der Waals surface area contributed by atoms with Crippen LogP contribution in [0.1, 0.15) is 34.6 Å². The van der Waals surface area contributed by atoms with Crippen molar-refractivity contribution in [2.75, 3.05) is 0 Å². The van der Waals surface area contributed by atoms with E-state index in [0.29, 0.717) is 23.0 Å². The van der Waals surface area contributed by atoms with E-state index in [0.717, 1.165) is 12.1 Å². The number of aromatic amines is 1. The first-order valence-corrected chi connectivity index (χ1v) is 7.10. The number of nitrogens with one attached hydrogen (secondary N) is 2. The molecule has 24 heavy (non-hydrogen) atoms. The predicted molar refractivity (Wildman–Crippen MR) is 77.7 cm³/mol. The predicted octanol–water partition coefficient (Wildman–Crippen LogP) is 3.00. The number of halogens is 3. The molecule has 0 aliphatic heterocycles. The molecule has 0 saturated heterocycles. The van der Waals surface area contributed by atoms with Crippen LogP contribution in [0, 0.1) is 6.92 Å². The third-order valence-electron chi connectivity index (χ3n) is 3.38. The number of oxazole rings is 1. The number of hydrogen-bond donors (Lipinski definition) is 2. The van der Waals surface area contributed by atoms with Crippen LogP contribution >= 0.6 is 0 Å². The lowest BCUT2D eigenvalue weighted by Gasteiger charge is -2.17. The van der Waals surface area contributed by atoms with E-state index in [1.807, 2.05) is 0 Å². The Morgan fingerprint density at radius 2 is 2.12 bits per heavy atom. The molecular formula is C15H14F3N5O. The first-order valence-electron chi connectivity index (χ1n) is 7.10. The number of alkyl halides is 3. The van der Waals surface area contributed by atoms with Gasteiger partial charge in [-0.2, -0.15) is 18.3 Å². The Kier molecular flexibility index (Phi) is 4.34. The molecule has 9 heteroatoms. The van der Waals surface area contributed by atoms with Crippen molar-refractivity contribution in [1.29, 1.82) is 0 Å². The molecule has 0 unspecified atom stereocenters. The van der Waals surface area contributed by atoms with E-state index in [9.17, 15) is 13.2 Å². The summed E-state index contributed by atoms with van der Waals surface area (Å²) in [6.45, 7) is 1.99. The second-order valence-electron chi connectivity index (χ2n) is 5.17. The van der Waals surface area contributed by atoms with E-state index in [2.05, 4.69) is 25.5 Å². The smallest absolute Gasteiger partial charge is 0.416 e. The first kappa shape index (κ1) is 16.2. The van der Waals surface area contributed by atoms with Crippen LogP contribution in [-0.2, 0) is 12.7 Å². The van der Waals surface area contributed by atoms with Crippen molar-refractivity contribution < 1.29 is 17.6 Å². The highest BCUT2D eigenvalue weighted by Crippen LogP contribution is 2.31. The van der Waals surface area contributed by atoms with Gasteiger partial charge in [-0.25, -0.2) is 9.97 Å². The summed E-state index contributed by atoms with van der Waals surface area (Å²) < 4.78 is 44.2. The molecule has 0 spiro atoms. The summed E-state index contributed by atoms with van der Waals surface area (Å²) in [6, 6.07) is 4.45. The zero-order valence-electron chi connectivity index (χ0n) is 12.6. The quantitative estimate of drug-likeness (QED) is 0.748. The van der Waals surface area contributed by atoms with Gasteiger partial charge in [-0.05, 0) is 24.6 Å². The number of H-pyrrole nitrogens is 1.